The Balaban J connectivity index is 1.41. The van der Waals surface area contributed by atoms with E-state index < -0.39 is 11.9 Å². The first-order chi connectivity index (χ1) is 12.9. The van der Waals surface area contributed by atoms with E-state index in [1.54, 1.807) is 17.0 Å². The van der Waals surface area contributed by atoms with Crippen molar-refractivity contribution in [2.24, 2.45) is 0 Å². The Morgan fingerprint density at radius 3 is 2.59 bits per heavy atom. The summed E-state index contributed by atoms with van der Waals surface area (Å²) in [6.45, 7) is 4.10. The maximum Gasteiger partial charge on any atom is 0.325 e. The number of rotatable bonds is 5. The smallest absolute Gasteiger partial charge is 0.325 e. The molecule has 1 saturated heterocycles. The quantitative estimate of drug-likeness (QED) is 0.736. The Morgan fingerprint density at radius 2 is 1.85 bits per heavy atom. The molecule has 1 aromatic carbocycles. The van der Waals surface area contributed by atoms with Gasteiger partial charge in [-0.25, -0.2) is 0 Å². The highest BCUT2D eigenvalue weighted by atomic mass is 16.7. The monoisotopic (exact) mass is 378 g/mol. The van der Waals surface area contributed by atoms with Crippen molar-refractivity contribution in [1.82, 2.24) is 10.2 Å². The standard InChI is InChI=1S/C18H22N2O7/c1-11-7-20(8-12(2)27-11)16(21)9-24-17(22)6-19-18(23)13-3-4-14-15(5-13)26-10-25-14/h3-5,11-12H,6-10H2,1-2H3,(H,19,23)/t11-,12-/m0/s1. The van der Waals surface area contributed by atoms with Gasteiger partial charge in [0.2, 0.25) is 6.79 Å². The van der Waals surface area contributed by atoms with Crippen molar-refractivity contribution < 1.29 is 33.3 Å². The number of fused-ring (bicyclic) bond motifs is 1. The first-order valence-electron chi connectivity index (χ1n) is 8.69. The van der Waals surface area contributed by atoms with E-state index in [0.29, 0.717) is 30.2 Å². The number of ether oxygens (including phenoxy) is 4. The summed E-state index contributed by atoms with van der Waals surface area (Å²) in [5.74, 6) is -0.382. The van der Waals surface area contributed by atoms with Crippen molar-refractivity contribution in [3.8, 4) is 11.5 Å². The van der Waals surface area contributed by atoms with Gasteiger partial charge < -0.3 is 29.2 Å². The third-order valence-electron chi connectivity index (χ3n) is 4.16. The molecule has 0 saturated carbocycles. The van der Waals surface area contributed by atoms with E-state index in [1.165, 1.54) is 6.07 Å². The lowest BCUT2D eigenvalue weighted by atomic mass is 10.2. The van der Waals surface area contributed by atoms with E-state index in [-0.39, 0.29) is 38.1 Å². The van der Waals surface area contributed by atoms with Crippen LogP contribution in [0.15, 0.2) is 18.2 Å². The Kier molecular flexibility index (Phi) is 5.80. The normalized spacial score (nSPS) is 20.9. The molecule has 0 radical (unpaired) electrons. The summed E-state index contributed by atoms with van der Waals surface area (Å²) >= 11 is 0. The number of carbonyl (C=O) groups is 3. The van der Waals surface area contributed by atoms with Crippen LogP contribution in [0.25, 0.3) is 0 Å². The molecule has 2 aliphatic rings. The molecule has 0 aromatic heterocycles. The van der Waals surface area contributed by atoms with Crippen molar-refractivity contribution in [1.29, 1.82) is 0 Å². The fourth-order valence-corrected chi connectivity index (χ4v) is 2.96. The predicted molar refractivity (Wildman–Crippen MR) is 92.4 cm³/mol. The molecule has 0 bridgehead atoms. The van der Waals surface area contributed by atoms with Gasteiger partial charge in [0.25, 0.3) is 11.8 Å². The number of hydrogen-bond acceptors (Lipinski definition) is 7. The third kappa shape index (κ3) is 4.88. The zero-order chi connectivity index (χ0) is 19.4. The molecule has 2 aliphatic heterocycles. The first-order valence-corrected chi connectivity index (χ1v) is 8.69. The van der Waals surface area contributed by atoms with Crippen LogP contribution in [0, 0.1) is 0 Å². The van der Waals surface area contributed by atoms with E-state index in [0.717, 1.165) is 0 Å². The number of amides is 2. The highest BCUT2D eigenvalue weighted by molar-refractivity contribution is 5.96. The number of morpholine rings is 1. The minimum atomic E-state index is -0.688. The van der Waals surface area contributed by atoms with Gasteiger partial charge >= 0.3 is 5.97 Å². The van der Waals surface area contributed by atoms with Gasteiger partial charge in [0.15, 0.2) is 18.1 Å². The largest absolute Gasteiger partial charge is 0.454 e. The van der Waals surface area contributed by atoms with Crippen LogP contribution in [0.4, 0.5) is 0 Å². The zero-order valence-corrected chi connectivity index (χ0v) is 15.2. The highest BCUT2D eigenvalue weighted by Crippen LogP contribution is 2.32. The number of benzene rings is 1. The molecule has 27 heavy (non-hydrogen) atoms. The minimum absolute atomic E-state index is 0.0607. The van der Waals surface area contributed by atoms with Gasteiger partial charge in [-0.05, 0) is 32.0 Å². The van der Waals surface area contributed by atoms with Crippen molar-refractivity contribution in [2.75, 3.05) is 33.0 Å². The number of nitrogens with zero attached hydrogens (tertiary/aromatic N) is 1. The zero-order valence-electron chi connectivity index (χ0n) is 15.2. The molecule has 1 fully saturated rings. The van der Waals surface area contributed by atoms with Crippen LogP contribution < -0.4 is 14.8 Å². The van der Waals surface area contributed by atoms with Gasteiger partial charge in [-0.3, -0.25) is 14.4 Å². The van der Waals surface area contributed by atoms with Crippen molar-refractivity contribution in [3.63, 3.8) is 0 Å². The molecular formula is C18H22N2O7. The van der Waals surface area contributed by atoms with Gasteiger partial charge in [-0.2, -0.15) is 0 Å². The molecule has 2 atom stereocenters. The molecule has 0 spiro atoms. The minimum Gasteiger partial charge on any atom is -0.454 e. The summed E-state index contributed by atoms with van der Waals surface area (Å²) in [6.07, 6.45) is -0.121. The molecule has 0 aliphatic carbocycles. The van der Waals surface area contributed by atoms with E-state index in [2.05, 4.69) is 5.32 Å². The van der Waals surface area contributed by atoms with Crippen LogP contribution in [0.3, 0.4) is 0 Å². The molecule has 1 N–H and O–H groups in total. The second-order valence-electron chi connectivity index (χ2n) is 6.47. The fourth-order valence-electron chi connectivity index (χ4n) is 2.96. The van der Waals surface area contributed by atoms with Crippen LogP contribution >= 0.6 is 0 Å². The van der Waals surface area contributed by atoms with Gasteiger partial charge in [-0.1, -0.05) is 0 Å². The Bertz CT molecular complexity index is 726. The van der Waals surface area contributed by atoms with Gasteiger partial charge in [0.1, 0.15) is 6.54 Å². The number of carbonyl (C=O) groups excluding carboxylic acids is 3. The maximum absolute atomic E-state index is 12.1. The average molecular weight is 378 g/mol. The number of hydrogen-bond donors (Lipinski definition) is 1. The Morgan fingerprint density at radius 1 is 1.15 bits per heavy atom. The molecule has 1 aromatic rings. The summed E-state index contributed by atoms with van der Waals surface area (Å²) in [7, 11) is 0. The molecule has 9 nitrogen and oxygen atoms in total. The summed E-state index contributed by atoms with van der Waals surface area (Å²) in [4.78, 5) is 37.7. The van der Waals surface area contributed by atoms with Crippen molar-refractivity contribution >= 4 is 17.8 Å². The SMILES string of the molecule is C[C@H]1CN(C(=O)COC(=O)CNC(=O)c2ccc3c(c2)OCO3)C[C@H](C)O1. The molecule has 0 unspecified atom stereocenters. The fraction of sp³-hybridized carbons (Fsp3) is 0.500. The third-order valence-corrected chi connectivity index (χ3v) is 4.16. The lowest BCUT2D eigenvalue weighted by molar-refractivity contribution is -0.156. The molecule has 2 amide bonds. The van der Waals surface area contributed by atoms with E-state index in [1.807, 2.05) is 13.8 Å². The molecular weight excluding hydrogens is 356 g/mol. The summed E-state index contributed by atoms with van der Waals surface area (Å²) in [5, 5.41) is 2.45. The topological polar surface area (TPSA) is 103 Å². The predicted octanol–water partition coefficient (Wildman–Crippen LogP) is 0.324. The Labute approximate surface area is 156 Å². The lowest BCUT2D eigenvalue weighted by Gasteiger charge is -2.35. The highest BCUT2D eigenvalue weighted by Gasteiger charge is 2.26. The van der Waals surface area contributed by atoms with Gasteiger partial charge in [-0.15, -0.1) is 0 Å². The second-order valence-corrected chi connectivity index (χ2v) is 6.47. The number of esters is 1. The second kappa shape index (κ2) is 8.26. The first kappa shape index (κ1) is 19.0. The van der Waals surface area contributed by atoms with Crippen molar-refractivity contribution in [2.45, 2.75) is 26.1 Å². The molecule has 9 heteroatoms. The van der Waals surface area contributed by atoms with E-state index in [9.17, 15) is 14.4 Å². The summed E-state index contributed by atoms with van der Waals surface area (Å²) in [6, 6.07) is 4.73. The van der Waals surface area contributed by atoms with Crippen molar-refractivity contribution in [3.05, 3.63) is 23.8 Å². The molecule has 146 valence electrons. The van der Waals surface area contributed by atoms with Crippen LogP contribution in [0.2, 0.25) is 0 Å². The van der Waals surface area contributed by atoms with E-state index in [4.69, 9.17) is 18.9 Å². The van der Waals surface area contributed by atoms with Crippen LogP contribution in [-0.4, -0.2) is 67.9 Å². The Hall–Kier alpha value is -2.81. The summed E-state index contributed by atoms with van der Waals surface area (Å²) < 4.78 is 20.9. The van der Waals surface area contributed by atoms with Crippen LogP contribution in [0.1, 0.15) is 24.2 Å². The van der Waals surface area contributed by atoms with Crippen LogP contribution in [0.5, 0.6) is 11.5 Å². The molecule has 2 heterocycles. The molecule has 3 rings (SSSR count). The average Bonchev–Trinajstić information content (AvgIpc) is 3.11. The number of nitrogens with one attached hydrogen (secondary N) is 1. The van der Waals surface area contributed by atoms with Gasteiger partial charge in [0, 0.05) is 18.7 Å². The summed E-state index contributed by atoms with van der Waals surface area (Å²) in [5.41, 5.74) is 0.333. The maximum atomic E-state index is 12.1. The van der Waals surface area contributed by atoms with E-state index >= 15 is 0 Å². The van der Waals surface area contributed by atoms with Gasteiger partial charge in [0.05, 0.1) is 12.2 Å². The lowest BCUT2D eigenvalue weighted by Crippen LogP contribution is -2.49. The van der Waals surface area contributed by atoms with Crippen LogP contribution in [-0.2, 0) is 19.1 Å².